The molecule has 6 unspecified atom stereocenters. The fourth-order valence-corrected chi connectivity index (χ4v) is 4.80. The summed E-state index contributed by atoms with van der Waals surface area (Å²) in [6.07, 6.45) is -0.269. The molecular formula is C23H22ClNO7. The Morgan fingerprint density at radius 1 is 1.38 bits per heavy atom. The minimum absolute atomic E-state index is 0.0980. The zero-order valence-electron chi connectivity index (χ0n) is 17.7. The molecule has 1 saturated heterocycles. The van der Waals surface area contributed by atoms with E-state index in [1.807, 2.05) is 0 Å². The van der Waals surface area contributed by atoms with E-state index in [2.05, 4.69) is 6.07 Å². The number of esters is 1. The van der Waals surface area contributed by atoms with Crippen LogP contribution in [0.25, 0.3) is 6.08 Å². The molecule has 3 aliphatic rings. The quantitative estimate of drug-likeness (QED) is 0.654. The molecule has 1 aliphatic heterocycles. The normalized spacial score (nSPS) is 35.2. The molecule has 1 aromatic rings. The summed E-state index contributed by atoms with van der Waals surface area (Å²) in [5.41, 5.74) is -0.853. The number of ketones is 1. The molecule has 2 aliphatic carbocycles. The molecule has 9 heteroatoms. The Morgan fingerprint density at radius 2 is 2.09 bits per heavy atom. The van der Waals surface area contributed by atoms with Gasteiger partial charge in [0.05, 0.1) is 12.5 Å². The number of hydrogen-bond acceptors (Lipinski definition) is 8. The van der Waals surface area contributed by atoms with Crippen LogP contribution in [0.2, 0.25) is 5.02 Å². The van der Waals surface area contributed by atoms with Gasteiger partial charge in [-0.05, 0) is 37.1 Å². The highest BCUT2D eigenvalue weighted by Gasteiger charge is 2.58. The van der Waals surface area contributed by atoms with Crippen LogP contribution >= 0.6 is 11.6 Å². The number of halogens is 1. The summed E-state index contributed by atoms with van der Waals surface area (Å²) >= 11 is 6.44. The van der Waals surface area contributed by atoms with E-state index >= 15 is 0 Å². The van der Waals surface area contributed by atoms with E-state index in [0.29, 0.717) is 27.3 Å². The summed E-state index contributed by atoms with van der Waals surface area (Å²) in [6.45, 7) is 4.06. The van der Waals surface area contributed by atoms with Crippen LogP contribution < -0.4 is 0 Å². The Morgan fingerprint density at radius 3 is 2.75 bits per heavy atom. The van der Waals surface area contributed by atoms with Gasteiger partial charge in [0.1, 0.15) is 12.2 Å². The molecule has 0 radical (unpaired) electrons. The molecular weight excluding hydrogens is 438 g/mol. The van der Waals surface area contributed by atoms with Gasteiger partial charge in [0.25, 0.3) is 0 Å². The summed E-state index contributed by atoms with van der Waals surface area (Å²) in [5.74, 6) is -1.46. The molecule has 0 aromatic heterocycles. The lowest BCUT2D eigenvalue weighted by Crippen LogP contribution is -2.64. The van der Waals surface area contributed by atoms with Crippen molar-refractivity contribution in [3.05, 3.63) is 51.6 Å². The summed E-state index contributed by atoms with van der Waals surface area (Å²) in [7, 11) is 0. The summed E-state index contributed by atoms with van der Waals surface area (Å²) < 4.78 is 17.1. The van der Waals surface area contributed by atoms with Crippen LogP contribution in [0.1, 0.15) is 37.5 Å². The number of fused-ring (bicyclic) bond motifs is 3. The zero-order valence-corrected chi connectivity index (χ0v) is 18.4. The molecule has 0 spiro atoms. The third-order valence-electron chi connectivity index (χ3n) is 6.26. The number of nitriles is 1. The van der Waals surface area contributed by atoms with Crippen LogP contribution in [0.15, 0.2) is 29.9 Å². The Balaban J connectivity index is 1.73. The number of nitrogens with zero attached hydrogens (tertiary/aromatic N) is 1. The smallest absolute Gasteiger partial charge is 0.303 e. The monoisotopic (exact) mass is 459 g/mol. The Bertz CT molecular complexity index is 1110. The molecule has 1 aromatic carbocycles. The van der Waals surface area contributed by atoms with Gasteiger partial charge >= 0.3 is 5.97 Å². The number of Topliss-reactive ketones (excluding diaryl/α,β-unsaturated/α-hetero) is 1. The lowest BCUT2D eigenvalue weighted by atomic mass is 9.85. The standard InChI is InChI=1S/C23H22ClNO7/c1-11-22(3,31-12(2)26)20(29)19(28)21(30-11)32-23-14(4-5-18(23)27)10-15-16(23)8-13(6-7-25)9-17(15)24/h4-5,8-11,18-19,21,27-28H,6H2,1-3H3. The highest BCUT2D eigenvalue weighted by atomic mass is 35.5. The summed E-state index contributed by atoms with van der Waals surface area (Å²) in [5, 5.41) is 31.1. The average Bonchev–Trinajstić information content (AvgIpc) is 3.19. The van der Waals surface area contributed by atoms with Gasteiger partial charge in [-0.3, -0.25) is 9.59 Å². The first kappa shape index (κ1) is 22.6. The van der Waals surface area contributed by atoms with Crippen LogP contribution in [-0.2, 0) is 35.8 Å². The highest BCUT2D eigenvalue weighted by molar-refractivity contribution is 6.32. The van der Waals surface area contributed by atoms with Gasteiger partial charge in [0.2, 0.25) is 5.78 Å². The van der Waals surface area contributed by atoms with E-state index in [1.54, 1.807) is 24.3 Å². The molecule has 32 heavy (non-hydrogen) atoms. The number of carbonyl (C=O) groups is 2. The van der Waals surface area contributed by atoms with Gasteiger partial charge in [-0.1, -0.05) is 29.8 Å². The van der Waals surface area contributed by atoms with Crippen LogP contribution in [0.4, 0.5) is 0 Å². The maximum absolute atomic E-state index is 13.0. The van der Waals surface area contributed by atoms with Crippen LogP contribution in [0.5, 0.6) is 0 Å². The molecule has 8 nitrogen and oxygen atoms in total. The van der Waals surface area contributed by atoms with Crippen molar-refractivity contribution in [2.45, 2.75) is 63.0 Å². The zero-order chi connectivity index (χ0) is 23.4. The molecule has 0 saturated carbocycles. The van der Waals surface area contributed by atoms with Crippen molar-refractivity contribution in [3.63, 3.8) is 0 Å². The van der Waals surface area contributed by atoms with Crippen LogP contribution in [0, 0.1) is 11.3 Å². The topological polar surface area (TPSA) is 126 Å². The fourth-order valence-electron chi connectivity index (χ4n) is 4.50. The molecule has 2 N–H and O–H groups in total. The molecule has 0 bridgehead atoms. The van der Waals surface area contributed by atoms with Crippen molar-refractivity contribution in [3.8, 4) is 6.07 Å². The van der Waals surface area contributed by atoms with Crippen molar-refractivity contribution < 1.29 is 34.0 Å². The van der Waals surface area contributed by atoms with Gasteiger partial charge in [0, 0.05) is 23.1 Å². The third-order valence-corrected chi connectivity index (χ3v) is 6.58. The summed E-state index contributed by atoms with van der Waals surface area (Å²) in [4.78, 5) is 24.4. The lowest BCUT2D eigenvalue weighted by Gasteiger charge is -2.45. The second-order valence-corrected chi connectivity index (χ2v) is 8.69. The number of ether oxygens (including phenoxy) is 3. The minimum atomic E-state index is -1.78. The van der Waals surface area contributed by atoms with E-state index < -0.39 is 47.6 Å². The number of benzene rings is 1. The number of carbonyl (C=O) groups excluding carboxylic acids is 2. The fraction of sp³-hybridized carbons (Fsp3) is 0.435. The van der Waals surface area contributed by atoms with Gasteiger partial charge in [-0.15, -0.1) is 0 Å². The first-order valence-corrected chi connectivity index (χ1v) is 10.5. The van der Waals surface area contributed by atoms with E-state index in [9.17, 15) is 19.8 Å². The maximum atomic E-state index is 13.0. The number of hydrogen-bond donors (Lipinski definition) is 2. The first-order valence-electron chi connectivity index (χ1n) is 10.1. The predicted molar refractivity (Wildman–Crippen MR) is 112 cm³/mol. The number of aliphatic hydroxyl groups is 2. The predicted octanol–water partition coefficient (Wildman–Crippen LogP) is 1.94. The molecule has 168 valence electrons. The van der Waals surface area contributed by atoms with Gasteiger partial charge in [-0.2, -0.15) is 5.26 Å². The Kier molecular flexibility index (Phi) is 5.52. The van der Waals surface area contributed by atoms with E-state index in [1.165, 1.54) is 19.9 Å². The minimum Gasteiger partial charge on any atom is -0.449 e. The molecule has 6 atom stereocenters. The Hall–Kier alpha value is -2.54. The largest absolute Gasteiger partial charge is 0.449 e. The van der Waals surface area contributed by atoms with Crippen LogP contribution in [-0.4, -0.2) is 52.2 Å². The summed E-state index contributed by atoms with van der Waals surface area (Å²) in [6, 6.07) is 5.46. The average molecular weight is 460 g/mol. The van der Waals surface area contributed by atoms with Gasteiger partial charge in [0.15, 0.2) is 23.6 Å². The second-order valence-electron chi connectivity index (χ2n) is 8.29. The van der Waals surface area contributed by atoms with Crippen LogP contribution in [0.3, 0.4) is 0 Å². The van der Waals surface area contributed by atoms with E-state index in [4.69, 9.17) is 31.1 Å². The molecule has 4 rings (SSSR count). The van der Waals surface area contributed by atoms with Gasteiger partial charge in [-0.25, -0.2) is 0 Å². The Labute approximate surface area is 189 Å². The first-order chi connectivity index (χ1) is 15.0. The van der Waals surface area contributed by atoms with Gasteiger partial charge < -0.3 is 24.4 Å². The third kappa shape index (κ3) is 3.20. The molecule has 1 fully saturated rings. The van der Waals surface area contributed by atoms with Crippen molar-refractivity contribution >= 4 is 29.4 Å². The molecule has 1 heterocycles. The number of rotatable bonds is 4. The second kappa shape index (κ2) is 7.80. The van der Waals surface area contributed by atoms with E-state index in [-0.39, 0.29) is 6.42 Å². The maximum Gasteiger partial charge on any atom is 0.303 e. The van der Waals surface area contributed by atoms with Crippen molar-refractivity contribution in [1.29, 1.82) is 5.26 Å². The van der Waals surface area contributed by atoms with Crippen molar-refractivity contribution in [1.82, 2.24) is 0 Å². The highest BCUT2D eigenvalue weighted by Crippen LogP contribution is 2.53. The van der Waals surface area contributed by atoms with Crippen molar-refractivity contribution in [2.24, 2.45) is 0 Å². The lowest BCUT2D eigenvalue weighted by molar-refractivity contribution is -0.299. The van der Waals surface area contributed by atoms with Crippen molar-refractivity contribution in [2.75, 3.05) is 0 Å². The van der Waals surface area contributed by atoms with E-state index in [0.717, 1.165) is 6.92 Å². The number of aliphatic hydroxyl groups excluding tert-OH is 2. The SMILES string of the molecule is CC(=O)OC1(C)C(=O)C(O)C(OC23C(=Cc4c(Cl)cc(CC#N)cc42)C=CC3O)OC1C. The molecule has 0 amide bonds.